The van der Waals surface area contributed by atoms with Crippen molar-refractivity contribution in [2.24, 2.45) is 0 Å². The van der Waals surface area contributed by atoms with Gasteiger partial charge in [-0.1, -0.05) is 41.9 Å². The molecule has 0 spiro atoms. The van der Waals surface area contributed by atoms with Crippen molar-refractivity contribution in [1.29, 1.82) is 0 Å². The summed E-state index contributed by atoms with van der Waals surface area (Å²) in [4.78, 5) is 33.7. The lowest BCUT2D eigenvalue weighted by Gasteiger charge is -2.23. The van der Waals surface area contributed by atoms with Crippen molar-refractivity contribution in [1.82, 2.24) is 19.7 Å². The second-order valence-corrected chi connectivity index (χ2v) is 9.81. The number of aromatic carboxylic acids is 1. The standard InChI is InChI=1S/C28H20ClFN6O3/c1-28(16-8-6-14(7-9-16)26(37)38)21-23(31)32-25(33-24(21)34-27(28)39)22-18-11-10-17(29)12-20(18)36(35-22)13-15-4-2-3-5-19(15)30/h2-12H,13H2,1H3,(H,37,38)(H3,31,32,33,34,39). The molecular formula is C28H20ClFN6O3. The number of carbonyl (C=O) groups excluding carboxylic acids is 1. The number of nitrogens with zero attached hydrogens (tertiary/aromatic N) is 4. The van der Waals surface area contributed by atoms with Gasteiger partial charge in [-0.15, -0.1) is 0 Å². The van der Waals surface area contributed by atoms with E-state index in [0.717, 1.165) is 0 Å². The van der Waals surface area contributed by atoms with Gasteiger partial charge in [0.2, 0.25) is 5.91 Å². The zero-order valence-electron chi connectivity index (χ0n) is 20.4. The number of carboxylic acid groups (broad SMARTS) is 1. The van der Waals surface area contributed by atoms with Crippen molar-refractivity contribution in [3.63, 3.8) is 0 Å². The van der Waals surface area contributed by atoms with Crippen LogP contribution in [0.15, 0.2) is 66.7 Å². The van der Waals surface area contributed by atoms with Crippen LogP contribution in [0.1, 0.15) is 34.0 Å². The molecule has 0 radical (unpaired) electrons. The molecule has 194 valence electrons. The highest BCUT2D eigenvalue weighted by molar-refractivity contribution is 6.31. The van der Waals surface area contributed by atoms with Crippen molar-refractivity contribution in [2.45, 2.75) is 18.9 Å². The number of aromatic nitrogens is 4. The average Bonchev–Trinajstić information content (AvgIpc) is 3.39. The van der Waals surface area contributed by atoms with Gasteiger partial charge in [-0.2, -0.15) is 5.10 Å². The lowest BCUT2D eigenvalue weighted by Crippen LogP contribution is -2.33. The predicted molar refractivity (Wildman–Crippen MR) is 144 cm³/mol. The molecule has 0 aliphatic carbocycles. The summed E-state index contributed by atoms with van der Waals surface area (Å²) >= 11 is 6.27. The van der Waals surface area contributed by atoms with Crippen molar-refractivity contribution < 1.29 is 19.1 Å². The first-order chi connectivity index (χ1) is 18.7. The van der Waals surface area contributed by atoms with E-state index in [1.807, 2.05) is 0 Å². The molecule has 5 aromatic rings. The fraction of sp³-hybridized carbons (Fsp3) is 0.107. The highest BCUT2D eigenvalue weighted by Crippen LogP contribution is 2.45. The molecule has 1 unspecified atom stereocenters. The van der Waals surface area contributed by atoms with E-state index in [1.54, 1.807) is 60.1 Å². The van der Waals surface area contributed by atoms with E-state index in [-0.39, 0.29) is 41.3 Å². The Morgan fingerprint density at radius 3 is 2.59 bits per heavy atom. The molecule has 11 heteroatoms. The number of nitrogens with one attached hydrogen (secondary N) is 1. The van der Waals surface area contributed by atoms with Crippen LogP contribution in [-0.4, -0.2) is 36.7 Å². The second-order valence-electron chi connectivity index (χ2n) is 9.38. The minimum Gasteiger partial charge on any atom is -0.478 e. The summed E-state index contributed by atoms with van der Waals surface area (Å²) in [5.74, 6) is -1.32. The van der Waals surface area contributed by atoms with E-state index in [1.165, 1.54) is 18.2 Å². The number of hydrogen-bond donors (Lipinski definition) is 3. The zero-order valence-corrected chi connectivity index (χ0v) is 21.2. The fourth-order valence-electron chi connectivity index (χ4n) is 4.96. The Bertz CT molecular complexity index is 1820. The Morgan fingerprint density at radius 2 is 1.87 bits per heavy atom. The van der Waals surface area contributed by atoms with Crippen LogP contribution in [0, 0.1) is 5.82 Å². The monoisotopic (exact) mass is 542 g/mol. The molecule has 0 fully saturated rings. The number of benzene rings is 3. The number of nitrogens with two attached hydrogens (primary N) is 1. The number of carboxylic acids is 1. The third-order valence-electron chi connectivity index (χ3n) is 7.04. The van der Waals surface area contributed by atoms with Crippen LogP contribution >= 0.6 is 11.6 Å². The molecule has 4 N–H and O–H groups in total. The molecule has 0 saturated carbocycles. The Labute approximate surface area is 226 Å². The lowest BCUT2D eigenvalue weighted by molar-refractivity contribution is -0.119. The van der Waals surface area contributed by atoms with Crippen LogP contribution in [0.4, 0.5) is 16.0 Å². The highest BCUT2D eigenvalue weighted by Gasteiger charge is 2.47. The first kappa shape index (κ1) is 24.5. The molecule has 6 rings (SSSR count). The first-order valence-corrected chi connectivity index (χ1v) is 12.3. The number of fused-ring (bicyclic) bond motifs is 2. The van der Waals surface area contributed by atoms with Crippen LogP contribution in [0.5, 0.6) is 0 Å². The quantitative estimate of drug-likeness (QED) is 0.288. The molecule has 1 amide bonds. The van der Waals surface area contributed by atoms with Gasteiger partial charge in [-0.25, -0.2) is 19.2 Å². The molecular weight excluding hydrogens is 523 g/mol. The van der Waals surface area contributed by atoms with Gasteiger partial charge in [0, 0.05) is 16.0 Å². The molecule has 2 aromatic heterocycles. The Kier molecular flexibility index (Phi) is 5.58. The molecule has 3 heterocycles. The Hall–Kier alpha value is -4.83. The molecule has 1 aliphatic rings. The highest BCUT2D eigenvalue weighted by atomic mass is 35.5. The van der Waals surface area contributed by atoms with Gasteiger partial charge in [-0.3, -0.25) is 9.48 Å². The summed E-state index contributed by atoms with van der Waals surface area (Å²) in [6.07, 6.45) is 0. The molecule has 9 nitrogen and oxygen atoms in total. The maximum absolute atomic E-state index is 14.4. The summed E-state index contributed by atoms with van der Waals surface area (Å²) in [7, 11) is 0. The molecule has 0 saturated heterocycles. The molecule has 1 atom stereocenters. The van der Waals surface area contributed by atoms with E-state index in [9.17, 15) is 19.1 Å². The Balaban J connectivity index is 1.47. The maximum atomic E-state index is 14.4. The number of rotatable bonds is 5. The number of hydrogen-bond acceptors (Lipinski definition) is 6. The van der Waals surface area contributed by atoms with Crippen LogP contribution in [0.2, 0.25) is 5.02 Å². The van der Waals surface area contributed by atoms with E-state index >= 15 is 0 Å². The van der Waals surface area contributed by atoms with Gasteiger partial charge in [0.15, 0.2) is 5.82 Å². The SMILES string of the molecule is CC1(c2ccc(C(=O)O)cc2)C(=O)Nc2nc(-c3nn(Cc4ccccc4F)c4cc(Cl)ccc34)nc(N)c21. The van der Waals surface area contributed by atoms with Gasteiger partial charge in [0.1, 0.15) is 28.6 Å². The van der Waals surface area contributed by atoms with Crippen molar-refractivity contribution in [3.8, 4) is 11.5 Å². The minimum atomic E-state index is -1.24. The number of carbonyl (C=O) groups is 2. The number of halogens is 2. The number of anilines is 2. The maximum Gasteiger partial charge on any atom is 0.335 e. The topological polar surface area (TPSA) is 136 Å². The number of amides is 1. The van der Waals surface area contributed by atoms with Gasteiger partial charge < -0.3 is 16.2 Å². The molecule has 39 heavy (non-hydrogen) atoms. The third kappa shape index (κ3) is 3.88. The molecule has 0 bridgehead atoms. The number of nitrogen functional groups attached to an aromatic ring is 1. The van der Waals surface area contributed by atoms with Gasteiger partial charge in [0.25, 0.3) is 0 Å². The van der Waals surface area contributed by atoms with Gasteiger partial charge in [0.05, 0.1) is 23.2 Å². The van der Waals surface area contributed by atoms with E-state index in [4.69, 9.17) is 17.3 Å². The summed E-state index contributed by atoms with van der Waals surface area (Å²) in [5.41, 5.74) is 7.71. The molecule has 3 aromatic carbocycles. The first-order valence-electron chi connectivity index (χ1n) is 11.9. The smallest absolute Gasteiger partial charge is 0.335 e. The van der Waals surface area contributed by atoms with Gasteiger partial charge >= 0.3 is 5.97 Å². The minimum absolute atomic E-state index is 0.0731. The summed E-state index contributed by atoms with van der Waals surface area (Å²) in [6, 6.07) is 17.6. The Morgan fingerprint density at radius 1 is 1.13 bits per heavy atom. The van der Waals surface area contributed by atoms with Crippen LogP contribution in [0.25, 0.3) is 22.4 Å². The fourth-order valence-corrected chi connectivity index (χ4v) is 5.12. The van der Waals surface area contributed by atoms with Crippen molar-refractivity contribution in [2.75, 3.05) is 11.1 Å². The van der Waals surface area contributed by atoms with E-state index < -0.39 is 11.4 Å². The second kappa shape index (κ2) is 8.88. The van der Waals surface area contributed by atoms with Crippen molar-refractivity contribution >= 4 is 46.0 Å². The summed E-state index contributed by atoms with van der Waals surface area (Å²) in [5, 5.41) is 17.9. The largest absolute Gasteiger partial charge is 0.478 e. The van der Waals surface area contributed by atoms with Gasteiger partial charge in [-0.05, 0) is 48.9 Å². The van der Waals surface area contributed by atoms with Crippen LogP contribution in [0.3, 0.4) is 0 Å². The van der Waals surface area contributed by atoms with Crippen LogP contribution < -0.4 is 11.1 Å². The van der Waals surface area contributed by atoms with E-state index in [2.05, 4.69) is 20.4 Å². The predicted octanol–water partition coefficient (Wildman–Crippen LogP) is 4.87. The lowest BCUT2D eigenvalue weighted by atomic mass is 9.77. The van der Waals surface area contributed by atoms with E-state index in [0.29, 0.717) is 38.3 Å². The van der Waals surface area contributed by atoms with Crippen molar-refractivity contribution in [3.05, 3.63) is 99.8 Å². The average molecular weight is 543 g/mol. The summed E-state index contributed by atoms with van der Waals surface area (Å²) in [6.45, 7) is 1.83. The van der Waals surface area contributed by atoms with Crippen LogP contribution in [-0.2, 0) is 16.8 Å². The third-order valence-corrected chi connectivity index (χ3v) is 7.27. The molecule has 1 aliphatic heterocycles. The normalized spacial score (nSPS) is 16.3. The summed E-state index contributed by atoms with van der Waals surface area (Å²) < 4.78 is 16.0. The zero-order chi connectivity index (χ0) is 27.5.